The van der Waals surface area contributed by atoms with E-state index in [9.17, 15) is 13.2 Å². The third-order valence-electron chi connectivity index (χ3n) is 3.49. The zero-order valence-electron chi connectivity index (χ0n) is 12.2. The van der Waals surface area contributed by atoms with E-state index < -0.39 is 10.0 Å². The maximum Gasteiger partial charge on any atom is 0.248 e. The van der Waals surface area contributed by atoms with Gasteiger partial charge in [0.15, 0.2) is 0 Å². The Labute approximate surface area is 121 Å². The van der Waals surface area contributed by atoms with Crippen LogP contribution in [-0.2, 0) is 19.6 Å². The van der Waals surface area contributed by atoms with Crippen LogP contribution >= 0.6 is 0 Å². The van der Waals surface area contributed by atoms with Gasteiger partial charge in [-0.05, 0) is 25.7 Å². The van der Waals surface area contributed by atoms with Crippen molar-refractivity contribution in [2.24, 2.45) is 5.14 Å². The lowest BCUT2D eigenvalue weighted by atomic mass is 10.0. The Kier molecular flexibility index (Phi) is 7.47. The first-order chi connectivity index (χ1) is 9.44. The molecule has 1 heterocycles. The zero-order valence-corrected chi connectivity index (χ0v) is 13.0. The number of sulfonamides is 1. The minimum absolute atomic E-state index is 0.0326. The van der Waals surface area contributed by atoms with Gasteiger partial charge in [-0.2, -0.15) is 0 Å². The van der Waals surface area contributed by atoms with Gasteiger partial charge in [0.05, 0.1) is 5.75 Å². The summed E-state index contributed by atoms with van der Waals surface area (Å²) in [5.74, 6) is -0.288. The Balaban J connectivity index is 2.42. The Morgan fingerprint density at radius 1 is 1.35 bits per heavy atom. The van der Waals surface area contributed by atoms with Crippen molar-refractivity contribution < 1.29 is 17.9 Å². The predicted octanol–water partition coefficient (Wildman–Crippen LogP) is 0.863. The fourth-order valence-electron chi connectivity index (χ4n) is 2.47. The quantitative estimate of drug-likeness (QED) is 0.674. The lowest BCUT2D eigenvalue weighted by Gasteiger charge is -2.35. The molecule has 0 aromatic carbocycles. The van der Waals surface area contributed by atoms with Gasteiger partial charge in [0.25, 0.3) is 0 Å². The molecule has 0 bridgehead atoms. The standard InChI is InChI=1S/C13H26N2O4S/c1-2-3-6-9-19-10-13(16)15-8-5-4-7-12(15)11-20(14,17)18/h12H,2-11H2,1H3,(H2,14,17,18). The molecule has 20 heavy (non-hydrogen) atoms. The van der Waals surface area contributed by atoms with Gasteiger partial charge in [-0.3, -0.25) is 4.79 Å². The van der Waals surface area contributed by atoms with Crippen LogP contribution in [0, 0.1) is 0 Å². The smallest absolute Gasteiger partial charge is 0.248 e. The molecule has 1 unspecified atom stereocenters. The molecule has 1 rings (SSSR count). The molecule has 0 spiro atoms. The summed E-state index contributed by atoms with van der Waals surface area (Å²) in [4.78, 5) is 13.7. The molecule has 0 saturated carbocycles. The summed E-state index contributed by atoms with van der Waals surface area (Å²) < 4.78 is 27.8. The first-order valence-electron chi connectivity index (χ1n) is 7.31. The van der Waals surface area contributed by atoms with E-state index in [1.54, 1.807) is 4.90 Å². The van der Waals surface area contributed by atoms with Crippen LogP contribution in [0.25, 0.3) is 0 Å². The van der Waals surface area contributed by atoms with E-state index in [1.165, 1.54) is 0 Å². The molecule has 0 radical (unpaired) electrons. The summed E-state index contributed by atoms with van der Waals surface area (Å²) in [6.07, 6.45) is 5.68. The van der Waals surface area contributed by atoms with Crippen LogP contribution in [0.4, 0.5) is 0 Å². The van der Waals surface area contributed by atoms with Crippen LogP contribution in [0.3, 0.4) is 0 Å². The van der Waals surface area contributed by atoms with E-state index >= 15 is 0 Å². The molecule has 118 valence electrons. The molecule has 1 saturated heterocycles. The van der Waals surface area contributed by atoms with E-state index in [2.05, 4.69) is 6.92 Å². The number of nitrogens with two attached hydrogens (primary N) is 1. The van der Waals surface area contributed by atoms with Crippen LogP contribution in [0.2, 0.25) is 0 Å². The fraction of sp³-hybridized carbons (Fsp3) is 0.923. The third kappa shape index (κ3) is 6.67. The second-order valence-corrected chi connectivity index (χ2v) is 6.99. The highest BCUT2D eigenvalue weighted by Gasteiger charge is 2.29. The maximum absolute atomic E-state index is 12.1. The van der Waals surface area contributed by atoms with Gasteiger partial charge >= 0.3 is 0 Å². The lowest BCUT2D eigenvalue weighted by Crippen LogP contribution is -2.49. The summed E-state index contributed by atoms with van der Waals surface area (Å²) in [6, 6.07) is -0.300. The van der Waals surface area contributed by atoms with Crippen LogP contribution in [0.1, 0.15) is 45.4 Å². The van der Waals surface area contributed by atoms with Gasteiger partial charge in [-0.1, -0.05) is 19.8 Å². The summed E-state index contributed by atoms with van der Waals surface area (Å²) >= 11 is 0. The van der Waals surface area contributed by atoms with E-state index in [4.69, 9.17) is 9.88 Å². The number of carbonyl (C=O) groups is 1. The molecule has 1 aliphatic rings. The number of amides is 1. The monoisotopic (exact) mass is 306 g/mol. The molecule has 0 aromatic heterocycles. The molecule has 7 heteroatoms. The number of ether oxygens (including phenoxy) is 1. The highest BCUT2D eigenvalue weighted by molar-refractivity contribution is 7.89. The van der Waals surface area contributed by atoms with Gasteiger partial charge in [0.2, 0.25) is 15.9 Å². The summed E-state index contributed by atoms with van der Waals surface area (Å²) in [5.41, 5.74) is 0. The highest BCUT2D eigenvalue weighted by atomic mass is 32.2. The number of carbonyl (C=O) groups excluding carboxylic acids is 1. The van der Waals surface area contributed by atoms with E-state index in [-0.39, 0.29) is 24.3 Å². The Hall–Kier alpha value is -0.660. The van der Waals surface area contributed by atoms with Crippen LogP contribution in [-0.4, -0.2) is 50.8 Å². The number of rotatable bonds is 8. The van der Waals surface area contributed by atoms with Crippen molar-refractivity contribution in [2.75, 3.05) is 25.5 Å². The molecule has 6 nitrogen and oxygen atoms in total. The molecule has 0 aromatic rings. The topological polar surface area (TPSA) is 89.7 Å². The number of hydrogen-bond acceptors (Lipinski definition) is 4. The second kappa shape index (κ2) is 8.59. The number of unbranched alkanes of at least 4 members (excludes halogenated alkanes) is 2. The first-order valence-corrected chi connectivity index (χ1v) is 9.03. The van der Waals surface area contributed by atoms with Gasteiger partial charge in [0, 0.05) is 19.2 Å². The summed E-state index contributed by atoms with van der Waals surface area (Å²) in [5, 5.41) is 5.09. The largest absolute Gasteiger partial charge is 0.372 e. The van der Waals surface area contributed by atoms with Crippen molar-refractivity contribution in [1.29, 1.82) is 0 Å². The molecule has 1 atom stereocenters. The average molecular weight is 306 g/mol. The van der Waals surface area contributed by atoms with Gasteiger partial charge in [-0.15, -0.1) is 0 Å². The van der Waals surface area contributed by atoms with Crippen molar-refractivity contribution >= 4 is 15.9 Å². The zero-order chi connectivity index (χ0) is 15.0. The molecule has 1 amide bonds. The maximum atomic E-state index is 12.1. The van der Waals surface area contributed by atoms with Crippen LogP contribution < -0.4 is 5.14 Å². The van der Waals surface area contributed by atoms with Crippen molar-refractivity contribution in [2.45, 2.75) is 51.5 Å². The molecule has 2 N–H and O–H groups in total. The van der Waals surface area contributed by atoms with Crippen LogP contribution in [0.5, 0.6) is 0 Å². The fourth-order valence-corrected chi connectivity index (χ4v) is 3.35. The minimum Gasteiger partial charge on any atom is -0.372 e. The molecule has 1 fully saturated rings. The molecule has 0 aliphatic carbocycles. The third-order valence-corrected chi connectivity index (χ3v) is 4.34. The number of likely N-dealkylation sites (tertiary alicyclic amines) is 1. The predicted molar refractivity (Wildman–Crippen MR) is 77.7 cm³/mol. The summed E-state index contributed by atoms with van der Waals surface area (Å²) in [6.45, 7) is 3.31. The Morgan fingerprint density at radius 3 is 2.75 bits per heavy atom. The Bertz CT molecular complexity index is 397. The molecular formula is C13H26N2O4S. The normalized spacial score (nSPS) is 20.1. The molecular weight excluding hydrogens is 280 g/mol. The summed E-state index contributed by atoms with van der Waals surface area (Å²) in [7, 11) is -3.56. The van der Waals surface area contributed by atoms with Crippen LogP contribution in [0.15, 0.2) is 0 Å². The van der Waals surface area contributed by atoms with Crippen molar-refractivity contribution in [1.82, 2.24) is 4.90 Å². The van der Waals surface area contributed by atoms with Crippen molar-refractivity contribution in [3.63, 3.8) is 0 Å². The number of piperidine rings is 1. The second-order valence-electron chi connectivity index (χ2n) is 5.33. The highest BCUT2D eigenvalue weighted by Crippen LogP contribution is 2.18. The number of nitrogens with zero attached hydrogens (tertiary/aromatic N) is 1. The lowest BCUT2D eigenvalue weighted by molar-refractivity contribution is -0.139. The van der Waals surface area contributed by atoms with Crippen molar-refractivity contribution in [3.05, 3.63) is 0 Å². The number of hydrogen-bond donors (Lipinski definition) is 1. The van der Waals surface area contributed by atoms with E-state index in [1.807, 2.05) is 0 Å². The van der Waals surface area contributed by atoms with Crippen molar-refractivity contribution in [3.8, 4) is 0 Å². The number of primary sulfonamides is 1. The molecule has 1 aliphatic heterocycles. The average Bonchev–Trinajstić information content (AvgIpc) is 2.37. The Morgan fingerprint density at radius 2 is 2.10 bits per heavy atom. The minimum atomic E-state index is -3.56. The first kappa shape index (κ1) is 17.4. The van der Waals surface area contributed by atoms with Gasteiger partial charge in [0.1, 0.15) is 6.61 Å². The van der Waals surface area contributed by atoms with Gasteiger partial charge < -0.3 is 9.64 Å². The van der Waals surface area contributed by atoms with E-state index in [0.717, 1.165) is 32.1 Å². The van der Waals surface area contributed by atoms with E-state index in [0.29, 0.717) is 19.6 Å². The van der Waals surface area contributed by atoms with Gasteiger partial charge in [-0.25, -0.2) is 13.6 Å². The SMILES string of the molecule is CCCCCOCC(=O)N1CCCCC1CS(N)(=O)=O.